The zero-order valence-corrected chi connectivity index (χ0v) is 15.7. The number of halogens is 2. The Bertz CT molecular complexity index is 655. The van der Waals surface area contributed by atoms with E-state index in [0.29, 0.717) is 19.5 Å². The van der Waals surface area contributed by atoms with E-state index in [4.69, 9.17) is 17.3 Å². The van der Waals surface area contributed by atoms with Gasteiger partial charge in [0.15, 0.2) is 0 Å². The number of carbonyl (C=O) groups is 1. The summed E-state index contributed by atoms with van der Waals surface area (Å²) in [5.74, 6) is -0.159. The van der Waals surface area contributed by atoms with Gasteiger partial charge in [0.2, 0.25) is 15.9 Å². The molecule has 136 valence electrons. The smallest absolute Gasteiger partial charge is 0.244 e. The maximum atomic E-state index is 12.9. The van der Waals surface area contributed by atoms with Crippen LogP contribution in [0.3, 0.4) is 0 Å². The van der Waals surface area contributed by atoms with Gasteiger partial charge in [-0.15, -0.1) is 12.4 Å². The Morgan fingerprint density at radius 1 is 1.33 bits per heavy atom. The summed E-state index contributed by atoms with van der Waals surface area (Å²) in [6, 6.07) is 6.17. The van der Waals surface area contributed by atoms with Crippen molar-refractivity contribution in [2.75, 3.05) is 19.6 Å². The Hall–Kier alpha value is -0.860. The number of rotatable bonds is 6. The molecule has 1 fully saturated rings. The van der Waals surface area contributed by atoms with Crippen molar-refractivity contribution in [2.24, 2.45) is 5.73 Å². The monoisotopic (exact) mass is 395 g/mol. The Kier molecular flexibility index (Phi) is 8.45. The lowest BCUT2D eigenvalue weighted by atomic mass is 10.1. The van der Waals surface area contributed by atoms with E-state index in [2.05, 4.69) is 5.32 Å². The second-order valence-electron chi connectivity index (χ2n) is 5.54. The summed E-state index contributed by atoms with van der Waals surface area (Å²) in [6.07, 6.45) is 2.69. The highest BCUT2D eigenvalue weighted by Crippen LogP contribution is 2.29. The zero-order valence-electron chi connectivity index (χ0n) is 13.3. The molecule has 1 atom stereocenters. The van der Waals surface area contributed by atoms with Gasteiger partial charge in [0.05, 0.1) is 5.02 Å². The molecule has 1 aliphatic heterocycles. The van der Waals surface area contributed by atoms with Crippen molar-refractivity contribution in [1.29, 1.82) is 0 Å². The Labute approximate surface area is 154 Å². The van der Waals surface area contributed by atoms with Crippen LogP contribution in [0.1, 0.15) is 25.7 Å². The number of benzene rings is 1. The van der Waals surface area contributed by atoms with Crippen LogP contribution in [-0.2, 0) is 14.8 Å². The average molecular weight is 396 g/mol. The lowest BCUT2D eigenvalue weighted by Gasteiger charge is -2.35. The molecular formula is C15H23Cl2N3O3S. The first-order valence-electron chi connectivity index (χ1n) is 7.70. The van der Waals surface area contributed by atoms with Crippen LogP contribution >= 0.6 is 24.0 Å². The molecule has 1 amide bonds. The molecule has 2 rings (SSSR count). The van der Waals surface area contributed by atoms with Crippen LogP contribution in [0.25, 0.3) is 0 Å². The first kappa shape index (κ1) is 21.2. The molecule has 1 aliphatic rings. The molecule has 3 N–H and O–H groups in total. The van der Waals surface area contributed by atoms with Crippen LogP contribution in [0.2, 0.25) is 5.02 Å². The van der Waals surface area contributed by atoms with Crippen molar-refractivity contribution in [1.82, 2.24) is 9.62 Å². The maximum Gasteiger partial charge on any atom is 0.244 e. The fraction of sp³-hybridized carbons (Fsp3) is 0.533. The summed E-state index contributed by atoms with van der Waals surface area (Å²) in [7, 11) is -3.68. The first-order chi connectivity index (χ1) is 11.0. The third-order valence-corrected chi connectivity index (χ3v) is 6.35. The second-order valence-corrected chi connectivity index (χ2v) is 7.80. The molecule has 6 nitrogen and oxygen atoms in total. The van der Waals surface area contributed by atoms with Gasteiger partial charge in [-0.2, -0.15) is 4.31 Å². The summed E-state index contributed by atoms with van der Waals surface area (Å²) < 4.78 is 27.3. The largest absolute Gasteiger partial charge is 0.354 e. The zero-order chi connectivity index (χ0) is 16.9. The van der Waals surface area contributed by atoms with Crippen LogP contribution in [0.5, 0.6) is 0 Å². The molecule has 1 aromatic rings. The second kappa shape index (κ2) is 9.58. The van der Waals surface area contributed by atoms with E-state index < -0.39 is 10.0 Å². The molecule has 0 aliphatic carbocycles. The fourth-order valence-electron chi connectivity index (χ4n) is 2.73. The molecular weight excluding hydrogens is 373 g/mol. The highest BCUT2D eigenvalue weighted by Gasteiger charge is 2.34. The summed E-state index contributed by atoms with van der Waals surface area (Å²) in [6.45, 7) is 1.01. The molecule has 0 radical (unpaired) electrons. The van der Waals surface area contributed by atoms with E-state index >= 15 is 0 Å². The van der Waals surface area contributed by atoms with E-state index in [1.54, 1.807) is 18.2 Å². The number of hydrogen-bond acceptors (Lipinski definition) is 4. The quantitative estimate of drug-likeness (QED) is 0.767. The molecule has 0 aromatic heterocycles. The van der Waals surface area contributed by atoms with Crippen molar-refractivity contribution >= 4 is 39.9 Å². The summed E-state index contributed by atoms with van der Waals surface area (Å²) in [5, 5.41) is 2.98. The third-order valence-electron chi connectivity index (χ3n) is 3.90. The minimum atomic E-state index is -3.68. The molecule has 24 heavy (non-hydrogen) atoms. The number of carbonyl (C=O) groups excluding carboxylic acids is 1. The Balaban J connectivity index is 0.00000288. The standard InChI is InChI=1S/C15H22ClN3O3S.ClH/c16-13-6-1-2-7-14(13)23(21,22)19-10-4-3-5-12(19)11-18-15(20)8-9-17;/h1-2,6-7,12H,3-5,8-11,17H2,(H,18,20);1H. The summed E-state index contributed by atoms with van der Waals surface area (Å²) >= 11 is 6.05. The van der Waals surface area contributed by atoms with E-state index in [1.165, 1.54) is 10.4 Å². The number of piperidine rings is 1. The molecule has 0 spiro atoms. The number of amides is 1. The van der Waals surface area contributed by atoms with Gasteiger partial charge in [-0.05, 0) is 25.0 Å². The third kappa shape index (κ3) is 5.07. The normalized spacial score (nSPS) is 18.7. The maximum absolute atomic E-state index is 12.9. The number of hydrogen-bond donors (Lipinski definition) is 2. The van der Waals surface area contributed by atoms with Crippen molar-refractivity contribution in [3.8, 4) is 0 Å². The van der Waals surface area contributed by atoms with Crippen molar-refractivity contribution in [3.05, 3.63) is 29.3 Å². The van der Waals surface area contributed by atoms with Gasteiger partial charge < -0.3 is 11.1 Å². The van der Waals surface area contributed by atoms with E-state index in [9.17, 15) is 13.2 Å². The van der Waals surface area contributed by atoms with Crippen molar-refractivity contribution in [2.45, 2.75) is 36.6 Å². The number of sulfonamides is 1. The molecule has 1 heterocycles. The minimum Gasteiger partial charge on any atom is -0.354 e. The lowest BCUT2D eigenvalue weighted by Crippen LogP contribution is -2.49. The average Bonchev–Trinajstić information content (AvgIpc) is 2.54. The first-order valence-corrected chi connectivity index (χ1v) is 9.51. The fourth-order valence-corrected chi connectivity index (χ4v) is 4.91. The van der Waals surface area contributed by atoms with Gasteiger partial charge in [-0.1, -0.05) is 30.2 Å². The molecule has 0 saturated carbocycles. The molecule has 1 saturated heterocycles. The van der Waals surface area contributed by atoms with Gasteiger partial charge >= 0.3 is 0 Å². The topological polar surface area (TPSA) is 92.5 Å². The van der Waals surface area contributed by atoms with Crippen LogP contribution in [-0.4, -0.2) is 44.3 Å². The number of nitrogens with one attached hydrogen (secondary N) is 1. The van der Waals surface area contributed by atoms with Crippen LogP contribution in [0.15, 0.2) is 29.2 Å². The molecule has 0 bridgehead atoms. The summed E-state index contributed by atoms with van der Waals surface area (Å²) in [4.78, 5) is 11.7. The Morgan fingerprint density at radius 2 is 2.04 bits per heavy atom. The lowest BCUT2D eigenvalue weighted by molar-refractivity contribution is -0.121. The SMILES string of the molecule is Cl.NCCC(=O)NCC1CCCCN1S(=O)(=O)c1ccccc1Cl. The number of nitrogens with zero attached hydrogens (tertiary/aromatic N) is 1. The van der Waals surface area contributed by atoms with E-state index in [1.807, 2.05) is 0 Å². The highest BCUT2D eigenvalue weighted by atomic mass is 35.5. The van der Waals surface area contributed by atoms with Crippen LogP contribution in [0.4, 0.5) is 0 Å². The predicted molar refractivity (Wildman–Crippen MR) is 96.9 cm³/mol. The van der Waals surface area contributed by atoms with Crippen molar-refractivity contribution < 1.29 is 13.2 Å². The Morgan fingerprint density at radius 3 is 2.71 bits per heavy atom. The molecule has 1 unspecified atom stereocenters. The number of nitrogens with two attached hydrogens (primary N) is 1. The van der Waals surface area contributed by atoms with Gasteiger partial charge in [0, 0.05) is 32.1 Å². The van der Waals surface area contributed by atoms with Gasteiger partial charge in [0.1, 0.15) is 4.90 Å². The van der Waals surface area contributed by atoms with Crippen molar-refractivity contribution in [3.63, 3.8) is 0 Å². The van der Waals surface area contributed by atoms with Crippen LogP contribution < -0.4 is 11.1 Å². The van der Waals surface area contributed by atoms with Gasteiger partial charge in [-0.25, -0.2) is 8.42 Å². The minimum absolute atomic E-state index is 0. The molecule has 9 heteroatoms. The van der Waals surface area contributed by atoms with E-state index in [-0.39, 0.29) is 47.2 Å². The predicted octanol–water partition coefficient (Wildman–Crippen LogP) is 1.77. The van der Waals surface area contributed by atoms with Gasteiger partial charge in [0.25, 0.3) is 0 Å². The van der Waals surface area contributed by atoms with Gasteiger partial charge in [-0.3, -0.25) is 4.79 Å². The van der Waals surface area contributed by atoms with E-state index in [0.717, 1.165) is 12.8 Å². The highest BCUT2D eigenvalue weighted by molar-refractivity contribution is 7.89. The van der Waals surface area contributed by atoms with Crippen LogP contribution in [0, 0.1) is 0 Å². The molecule has 1 aromatic carbocycles. The summed E-state index contributed by atoms with van der Waals surface area (Å²) in [5.41, 5.74) is 5.35.